The van der Waals surface area contributed by atoms with Gasteiger partial charge in [-0.1, -0.05) is 0 Å². The number of imidazole rings is 1. The Morgan fingerprint density at radius 2 is 2.30 bits per heavy atom. The molecule has 2 aromatic heterocycles. The second-order valence-electron chi connectivity index (χ2n) is 5.91. The van der Waals surface area contributed by atoms with E-state index in [1.54, 1.807) is 17.5 Å². The molecule has 3 rings (SSSR count). The summed E-state index contributed by atoms with van der Waals surface area (Å²) in [4.78, 5) is 19.1. The molecule has 0 unspecified atom stereocenters. The van der Waals surface area contributed by atoms with Gasteiger partial charge in [-0.3, -0.25) is 9.20 Å². The first-order chi connectivity index (χ1) is 11.0. The van der Waals surface area contributed by atoms with Crippen molar-refractivity contribution in [3.05, 3.63) is 29.7 Å². The first-order valence-electron chi connectivity index (χ1n) is 7.79. The molecule has 1 fully saturated rings. The van der Waals surface area contributed by atoms with E-state index >= 15 is 0 Å². The number of aromatic nitrogens is 2. The monoisotopic (exact) mass is 318 g/mol. The van der Waals surface area contributed by atoms with E-state index in [9.17, 15) is 9.90 Å². The Bertz CT molecular complexity index is 727. The quantitative estimate of drug-likeness (QED) is 0.855. The fourth-order valence-electron chi connectivity index (χ4n) is 3.05. The number of aliphatic hydroxyl groups excluding tert-OH is 1. The highest BCUT2D eigenvalue weighted by atomic mass is 16.5. The van der Waals surface area contributed by atoms with E-state index in [0.717, 1.165) is 0 Å². The van der Waals surface area contributed by atoms with Crippen LogP contribution in [0.15, 0.2) is 18.3 Å². The van der Waals surface area contributed by atoms with Gasteiger partial charge in [0.05, 0.1) is 24.4 Å². The van der Waals surface area contributed by atoms with Crippen LogP contribution in [0, 0.1) is 6.92 Å². The summed E-state index contributed by atoms with van der Waals surface area (Å²) < 4.78 is 7.31. The third-order valence-corrected chi connectivity index (χ3v) is 4.09. The van der Waals surface area contributed by atoms with E-state index in [2.05, 4.69) is 10.3 Å². The first kappa shape index (κ1) is 15.8. The van der Waals surface area contributed by atoms with E-state index in [0.29, 0.717) is 42.5 Å². The van der Waals surface area contributed by atoms with Crippen LogP contribution in [0.5, 0.6) is 5.75 Å². The average Bonchev–Trinajstić information content (AvgIpc) is 2.98. The number of aryl methyl sites for hydroxylation is 1. The molecule has 0 bridgehead atoms. The van der Waals surface area contributed by atoms with E-state index in [4.69, 9.17) is 4.74 Å². The molecule has 2 N–H and O–H groups in total. The number of hydrogen-bond donors (Lipinski definition) is 2. The van der Waals surface area contributed by atoms with Crippen molar-refractivity contribution in [1.29, 1.82) is 0 Å². The van der Waals surface area contributed by atoms with Gasteiger partial charge in [-0.15, -0.1) is 0 Å². The summed E-state index contributed by atoms with van der Waals surface area (Å²) in [5.41, 5.74) is 1.74. The van der Waals surface area contributed by atoms with Gasteiger partial charge in [-0.25, -0.2) is 4.98 Å². The fourth-order valence-corrected chi connectivity index (χ4v) is 3.05. The fraction of sp³-hybridized carbons (Fsp3) is 0.500. The van der Waals surface area contributed by atoms with Crippen molar-refractivity contribution in [2.75, 3.05) is 26.7 Å². The predicted molar refractivity (Wildman–Crippen MR) is 85.9 cm³/mol. The molecule has 2 aromatic rings. The van der Waals surface area contributed by atoms with Crippen LogP contribution in [-0.4, -0.2) is 64.2 Å². The third-order valence-electron chi connectivity index (χ3n) is 4.09. The van der Waals surface area contributed by atoms with Crippen LogP contribution < -0.4 is 10.1 Å². The maximum atomic E-state index is 12.7. The molecule has 23 heavy (non-hydrogen) atoms. The highest BCUT2D eigenvalue weighted by Gasteiger charge is 2.31. The molecule has 1 amide bonds. The largest absolute Gasteiger partial charge is 0.490 e. The van der Waals surface area contributed by atoms with Gasteiger partial charge in [0, 0.05) is 19.3 Å². The Hall–Kier alpha value is -2.12. The van der Waals surface area contributed by atoms with E-state index < -0.39 is 6.10 Å². The molecule has 2 atom stereocenters. The normalized spacial score (nSPS) is 21.7. The Balaban J connectivity index is 1.91. The zero-order chi connectivity index (χ0) is 16.6. The van der Waals surface area contributed by atoms with Gasteiger partial charge in [0.15, 0.2) is 11.4 Å². The number of pyridine rings is 1. The van der Waals surface area contributed by atoms with Crippen molar-refractivity contribution in [3.8, 4) is 5.75 Å². The molecule has 7 nitrogen and oxygen atoms in total. The van der Waals surface area contributed by atoms with Gasteiger partial charge in [-0.05, 0) is 33.0 Å². The number of fused-ring (bicyclic) bond motifs is 1. The van der Waals surface area contributed by atoms with Gasteiger partial charge < -0.3 is 20.1 Å². The lowest BCUT2D eigenvalue weighted by Crippen LogP contribution is -2.43. The molecule has 0 aliphatic carbocycles. The maximum absolute atomic E-state index is 12.7. The zero-order valence-corrected chi connectivity index (χ0v) is 13.6. The third kappa shape index (κ3) is 2.89. The number of amides is 1. The van der Waals surface area contributed by atoms with Crippen LogP contribution in [0.25, 0.3) is 5.65 Å². The summed E-state index contributed by atoms with van der Waals surface area (Å²) in [6.45, 7) is 5.44. The number of aliphatic hydroxyl groups is 1. The first-order valence-corrected chi connectivity index (χ1v) is 7.79. The SMILES string of the molecule is CCOc1cccn2c(C(=O)N[C@@H]3CN(C)C[C@H]3O)c(C)nc12. The second kappa shape index (κ2) is 6.17. The van der Waals surface area contributed by atoms with Crippen LogP contribution in [0.4, 0.5) is 0 Å². The Kier molecular flexibility index (Phi) is 4.23. The second-order valence-corrected chi connectivity index (χ2v) is 5.91. The predicted octanol–water partition coefficient (Wildman–Crippen LogP) is 0.446. The molecule has 1 aliphatic rings. The van der Waals surface area contributed by atoms with Crippen LogP contribution in [0.3, 0.4) is 0 Å². The maximum Gasteiger partial charge on any atom is 0.270 e. The Labute approximate surface area is 134 Å². The summed E-state index contributed by atoms with van der Waals surface area (Å²) >= 11 is 0. The molecule has 0 aromatic carbocycles. The molecule has 7 heteroatoms. The van der Waals surface area contributed by atoms with E-state index in [-0.39, 0.29) is 11.9 Å². The van der Waals surface area contributed by atoms with Gasteiger partial charge in [0.25, 0.3) is 5.91 Å². The summed E-state index contributed by atoms with van der Waals surface area (Å²) in [6, 6.07) is 3.39. The molecule has 0 spiro atoms. The minimum atomic E-state index is -0.553. The van der Waals surface area contributed by atoms with Gasteiger partial charge in [0.1, 0.15) is 5.69 Å². The number of ether oxygens (including phenoxy) is 1. The van der Waals surface area contributed by atoms with E-state index in [1.807, 2.05) is 31.0 Å². The highest BCUT2D eigenvalue weighted by Crippen LogP contribution is 2.22. The number of nitrogens with one attached hydrogen (secondary N) is 1. The van der Waals surface area contributed by atoms with Crippen molar-refractivity contribution in [3.63, 3.8) is 0 Å². The highest BCUT2D eigenvalue weighted by molar-refractivity contribution is 5.95. The van der Waals surface area contributed by atoms with Crippen molar-refractivity contribution < 1.29 is 14.6 Å². The minimum absolute atomic E-state index is 0.233. The lowest BCUT2D eigenvalue weighted by atomic mass is 10.2. The van der Waals surface area contributed by atoms with Crippen LogP contribution >= 0.6 is 0 Å². The minimum Gasteiger partial charge on any atom is -0.490 e. The summed E-state index contributed by atoms with van der Waals surface area (Å²) in [5, 5.41) is 12.9. The number of likely N-dealkylation sites (N-methyl/N-ethyl adjacent to an activating group) is 1. The number of nitrogens with zero attached hydrogens (tertiary/aromatic N) is 3. The van der Waals surface area contributed by atoms with Gasteiger partial charge in [0.2, 0.25) is 0 Å². The number of hydrogen-bond acceptors (Lipinski definition) is 5. The topological polar surface area (TPSA) is 79.1 Å². The molecule has 0 saturated carbocycles. The van der Waals surface area contributed by atoms with Crippen LogP contribution in [0.1, 0.15) is 23.1 Å². The lowest BCUT2D eigenvalue weighted by Gasteiger charge is -2.15. The van der Waals surface area contributed by atoms with Crippen LogP contribution in [0.2, 0.25) is 0 Å². The molecule has 3 heterocycles. The van der Waals surface area contributed by atoms with Gasteiger partial charge >= 0.3 is 0 Å². The Morgan fingerprint density at radius 3 is 2.96 bits per heavy atom. The van der Waals surface area contributed by atoms with Crippen molar-refractivity contribution >= 4 is 11.6 Å². The number of carbonyl (C=O) groups is 1. The molecule has 1 saturated heterocycles. The van der Waals surface area contributed by atoms with Gasteiger partial charge in [-0.2, -0.15) is 0 Å². The number of likely N-dealkylation sites (tertiary alicyclic amines) is 1. The summed E-state index contributed by atoms with van der Waals surface area (Å²) in [7, 11) is 1.92. The zero-order valence-electron chi connectivity index (χ0n) is 13.6. The molecular weight excluding hydrogens is 296 g/mol. The summed E-state index contributed by atoms with van der Waals surface area (Å²) in [6.07, 6.45) is 1.24. The standard InChI is InChI=1S/C16H22N4O3/c1-4-23-13-6-5-7-20-14(10(2)17-15(13)20)16(22)18-11-8-19(3)9-12(11)21/h5-7,11-12,21H,4,8-9H2,1-3H3,(H,18,22)/t11-,12-/m1/s1. The van der Waals surface area contributed by atoms with Crippen molar-refractivity contribution in [1.82, 2.24) is 19.6 Å². The number of β-amino-alcohol motifs (C(OH)–C–C–N with tert-alkyl or cyclic N) is 1. The van der Waals surface area contributed by atoms with Crippen molar-refractivity contribution in [2.24, 2.45) is 0 Å². The molecular formula is C16H22N4O3. The number of carbonyl (C=O) groups excluding carboxylic acids is 1. The molecule has 124 valence electrons. The van der Waals surface area contributed by atoms with E-state index in [1.165, 1.54) is 0 Å². The average molecular weight is 318 g/mol. The molecule has 1 aliphatic heterocycles. The lowest BCUT2D eigenvalue weighted by molar-refractivity contribution is 0.0882. The number of rotatable bonds is 4. The summed E-state index contributed by atoms with van der Waals surface area (Å²) in [5.74, 6) is 0.417. The van der Waals surface area contributed by atoms with Crippen molar-refractivity contribution in [2.45, 2.75) is 26.0 Å². The Morgan fingerprint density at radius 1 is 1.52 bits per heavy atom. The smallest absolute Gasteiger partial charge is 0.270 e. The molecule has 0 radical (unpaired) electrons. The van der Waals surface area contributed by atoms with Crippen LogP contribution in [-0.2, 0) is 0 Å².